The van der Waals surface area contributed by atoms with E-state index in [1.165, 1.54) is 0 Å². The summed E-state index contributed by atoms with van der Waals surface area (Å²) in [6, 6.07) is 1.97. The van der Waals surface area contributed by atoms with Crippen LogP contribution in [0.15, 0.2) is 18.7 Å². The topological polar surface area (TPSA) is 68.5 Å². The van der Waals surface area contributed by atoms with Crippen molar-refractivity contribution < 1.29 is 0 Å². The average Bonchev–Trinajstić information content (AvgIpc) is 2.76. The predicted octanol–water partition coefficient (Wildman–Crippen LogP) is 0.822. The highest BCUT2D eigenvalue weighted by atomic mass is 15.2. The van der Waals surface area contributed by atoms with E-state index in [1.54, 1.807) is 12.7 Å². The fourth-order valence-electron chi connectivity index (χ4n) is 1.52. The van der Waals surface area contributed by atoms with Crippen LogP contribution in [-0.4, -0.2) is 31.3 Å². The summed E-state index contributed by atoms with van der Waals surface area (Å²) < 4.78 is 1.92. The standard InChI is InChI=1S/C11H16N6/c1-3-9-6-10(14-7-13-9)12-5-4-11-16-15-8-17(11)2/h6-8H,3-5H2,1-2H3,(H,12,13,14). The molecule has 2 heterocycles. The highest BCUT2D eigenvalue weighted by molar-refractivity contribution is 5.34. The van der Waals surface area contributed by atoms with E-state index in [9.17, 15) is 0 Å². The van der Waals surface area contributed by atoms with E-state index in [0.717, 1.165) is 36.7 Å². The van der Waals surface area contributed by atoms with Crippen molar-refractivity contribution in [2.24, 2.45) is 7.05 Å². The molecule has 0 unspecified atom stereocenters. The predicted molar refractivity (Wildman–Crippen MR) is 64.6 cm³/mol. The first-order valence-corrected chi connectivity index (χ1v) is 5.67. The maximum atomic E-state index is 4.16. The quantitative estimate of drug-likeness (QED) is 0.826. The summed E-state index contributed by atoms with van der Waals surface area (Å²) in [5.74, 6) is 1.82. The molecular weight excluding hydrogens is 216 g/mol. The van der Waals surface area contributed by atoms with Crippen LogP contribution in [0.3, 0.4) is 0 Å². The number of hydrogen-bond acceptors (Lipinski definition) is 5. The molecule has 0 bridgehead atoms. The molecule has 17 heavy (non-hydrogen) atoms. The van der Waals surface area contributed by atoms with Crippen LogP contribution in [0.5, 0.6) is 0 Å². The van der Waals surface area contributed by atoms with Gasteiger partial charge in [-0.15, -0.1) is 10.2 Å². The third-order valence-corrected chi connectivity index (χ3v) is 2.55. The van der Waals surface area contributed by atoms with Crippen LogP contribution in [0.2, 0.25) is 0 Å². The molecule has 0 aliphatic rings. The zero-order valence-corrected chi connectivity index (χ0v) is 10.1. The highest BCUT2D eigenvalue weighted by Crippen LogP contribution is 2.04. The Labute approximate surface area is 100 Å². The number of aryl methyl sites for hydroxylation is 2. The number of hydrogen-bond donors (Lipinski definition) is 1. The summed E-state index contributed by atoms with van der Waals surface area (Å²) in [6.45, 7) is 2.86. The smallest absolute Gasteiger partial charge is 0.134 e. The van der Waals surface area contributed by atoms with Gasteiger partial charge in [-0.2, -0.15) is 0 Å². The molecule has 0 radical (unpaired) electrons. The van der Waals surface area contributed by atoms with Crippen molar-refractivity contribution in [3.8, 4) is 0 Å². The summed E-state index contributed by atoms with van der Waals surface area (Å²) >= 11 is 0. The fraction of sp³-hybridized carbons (Fsp3) is 0.455. The van der Waals surface area contributed by atoms with Crippen molar-refractivity contribution in [2.45, 2.75) is 19.8 Å². The Morgan fingerprint density at radius 1 is 1.35 bits per heavy atom. The molecule has 1 N–H and O–H groups in total. The molecule has 0 aliphatic heterocycles. The summed E-state index contributed by atoms with van der Waals surface area (Å²) in [4.78, 5) is 8.32. The van der Waals surface area contributed by atoms with Crippen LogP contribution >= 0.6 is 0 Å². The van der Waals surface area contributed by atoms with Crippen molar-refractivity contribution in [3.63, 3.8) is 0 Å². The normalized spacial score (nSPS) is 10.5. The van der Waals surface area contributed by atoms with Gasteiger partial charge >= 0.3 is 0 Å². The van der Waals surface area contributed by atoms with Crippen molar-refractivity contribution >= 4 is 5.82 Å². The van der Waals surface area contributed by atoms with E-state index < -0.39 is 0 Å². The Balaban J connectivity index is 1.87. The molecule has 0 amide bonds. The molecule has 2 rings (SSSR count). The SMILES string of the molecule is CCc1cc(NCCc2nncn2C)ncn1. The molecular formula is C11H16N6. The third-order valence-electron chi connectivity index (χ3n) is 2.55. The van der Waals surface area contributed by atoms with Gasteiger partial charge in [0.1, 0.15) is 24.3 Å². The first-order valence-electron chi connectivity index (χ1n) is 5.67. The van der Waals surface area contributed by atoms with Gasteiger partial charge in [0.2, 0.25) is 0 Å². The van der Waals surface area contributed by atoms with Crippen molar-refractivity contribution in [3.05, 3.63) is 30.2 Å². The van der Waals surface area contributed by atoms with Crippen molar-refractivity contribution in [1.29, 1.82) is 0 Å². The Morgan fingerprint density at radius 3 is 2.94 bits per heavy atom. The Bertz CT molecular complexity index is 478. The molecule has 90 valence electrons. The number of aromatic nitrogens is 5. The average molecular weight is 232 g/mol. The van der Waals surface area contributed by atoms with Crippen LogP contribution in [0.4, 0.5) is 5.82 Å². The minimum atomic E-state index is 0.784. The molecule has 0 fully saturated rings. The first-order chi connectivity index (χ1) is 8.29. The Hall–Kier alpha value is -1.98. The number of anilines is 1. The molecule has 0 saturated heterocycles. The van der Waals surface area contributed by atoms with E-state index in [2.05, 4.69) is 32.4 Å². The van der Waals surface area contributed by atoms with E-state index in [1.807, 2.05) is 17.7 Å². The van der Waals surface area contributed by atoms with Gasteiger partial charge in [0, 0.05) is 31.8 Å². The van der Waals surface area contributed by atoms with Gasteiger partial charge in [0.15, 0.2) is 0 Å². The molecule has 6 nitrogen and oxygen atoms in total. The van der Waals surface area contributed by atoms with Crippen LogP contribution in [0.25, 0.3) is 0 Å². The zero-order chi connectivity index (χ0) is 12.1. The summed E-state index contributed by atoms with van der Waals surface area (Å²) in [7, 11) is 1.94. The number of rotatable bonds is 5. The second kappa shape index (κ2) is 5.38. The van der Waals surface area contributed by atoms with Crippen LogP contribution < -0.4 is 5.32 Å². The molecule has 0 saturated carbocycles. The lowest BCUT2D eigenvalue weighted by Gasteiger charge is -2.05. The molecule has 0 atom stereocenters. The molecule has 2 aromatic rings. The number of nitrogens with zero attached hydrogens (tertiary/aromatic N) is 5. The zero-order valence-electron chi connectivity index (χ0n) is 10.1. The minimum absolute atomic E-state index is 0.784. The molecule has 6 heteroatoms. The molecule has 0 spiro atoms. The van der Waals surface area contributed by atoms with Crippen LogP contribution in [-0.2, 0) is 19.9 Å². The summed E-state index contributed by atoms with van der Waals surface area (Å²) in [5.41, 5.74) is 1.04. The van der Waals surface area contributed by atoms with E-state index >= 15 is 0 Å². The van der Waals surface area contributed by atoms with Crippen LogP contribution in [0, 0.1) is 0 Å². The largest absolute Gasteiger partial charge is 0.370 e. The lowest BCUT2D eigenvalue weighted by molar-refractivity contribution is 0.787. The van der Waals surface area contributed by atoms with Gasteiger partial charge in [0.05, 0.1) is 0 Å². The van der Waals surface area contributed by atoms with Crippen LogP contribution in [0.1, 0.15) is 18.4 Å². The van der Waals surface area contributed by atoms with Gasteiger partial charge < -0.3 is 9.88 Å². The van der Waals surface area contributed by atoms with Crippen molar-refractivity contribution in [2.75, 3.05) is 11.9 Å². The Kier molecular flexibility index (Phi) is 3.64. The Morgan fingerprint density at radius 2 is 2.24 bits per heavy atom. The van der Waals surface area contributed by atoms with Gasteiger partial charge in [-0.1, -0.05) is 6.92 Å². The highest BCUT2D eigenvalue weighted by Gasteiger charge is 2.01. The molecule has 2 aromatic heterocycles. The third kappa shape index (κ3) is 2.99. The van der Waals surface area contributed by atoms with Gasteiger partial charge in [0.25, 0.3) is 0 Å². The summed E-state index contributed by atoms with van der Waals surface area (Å²) in [5, 5.41) is 11.1. The second-order valence-corrected chi connectivity index (χ2v) is 3.78. The van der Waals surface area contributed by atoms with Crippen molar-refractivity contribution in [1.82, 2.24) is 24.7 Å². The van der Waals surface area contributed by atoms with E-state index in [0.29, 0.717) is 0 Å². The van der Waals surface area contributed by atoms with Gasteiger partial charge in [-0.25, -0.2) is 9.97 Å². The molecule has 0 aliphatic carbocycles. The summed E-state index contributed by atoms with van der Waals surface area (Å²) in [6.07, 6.45) is 5.03. The first kappa shape index (κ1) is 11.5. The van der Waals surface area contributed by atoms with Gasteiger partial charge in [-0.05, 0) is 6.42 Å². The monoisotopic (exact) mass is 232 g/mol. The molecule has 0 aromatic carbocycles. The number of nitrogens with one attached hydrogen (secondary N) is 1. The lowest BCUT2D eigenvalue weighted by atomic mass is 10.3. The lowest BCUT2D eigenvalue weighted by Crippen LogP contribution is -2.10. The maximum absolute atomic E-state index is 4.16. The van der Waals surface area contributed by atoms with E-state index in [4.69, 9.17) is 0 Å². The fourth-order valence-corrected chi connectivity index (χ4v) is 1.52. The minimum Gasteiger partial charge on any atom is -0.370 e. The maximum Gasteiger partial charge on any atom is 0.134 e. The van der Waals surface area contributed by atoms with E-state index in [-0.39, 0.29) is 0 Å². The second-order valence-electron chi connectivity index (χ2n) is 3.78. The van der Waals surface area contributed by atoms with Gasteiger partial charge in [-0.3, -0.25) is 0 Å².